The molecule has 0 aliphatic carbocycles. The predicted molar refractivity (Wildman–Crippen MR) is 57.8 cm³/mol. The Bertz CT molecular complexity index is 184. The van der Waals surface area contributed by atoms with Crippen LogP contribution < -0.4 is 0 Å². The minimum Gasteiger partial charge on any atom is -0.243 e. The molecule has 0 saturated carbocycles. The van der Waals surface area contributed by atoms with Crippen molar-refractivity contribution in [2.24, 2.45) is 11.8 Å². The van der Waals surface area contributed by atoms with E-state index >= 15 is 0 Å². The minimum atomic E-state index is -0.758. The Morgan fingerprint density at radius 1 is 1.62 bits per heavy atom. The third-order valence-corrected chi connectivity index (χ3v) is 4.29. The van der Waals surface area contributed by atoms with Crippen LogP contribution in [0.3, 0.4) is 0 Å². The summed E-state index contributed by atoms with van der Waals surface area (Å²) in [4.78, 5) is 0. The Morgan fingerprint density at radius 3 is 2.85 bits per heavy atom. The van der Waals surface area contributed by atoms with Crippen molar-refractivity contribution in [3.63, 3.8) is 0 Å². The SMILES string of the molecule is CCC(C)C1CCCN(S(C)=O)C1. The number of piperidine rings is 1. The van der Waals surface area contributed by atoms with Gasteiger partial charge in [-0.05, 0) is 24.7 Å². The van der Waals surface area contributed by atoms with Crippen LogP contribution in [0.1, 0.15) is 33.1 Å². The van der Waals surface area contributed by atoms with Crippen molar-refractivity contribution in [3.05, 3.63) is 0 Å². The monoisotopic (exact) mass is 203 g/mol. The van der Waals surface area contributed by atoms with E-state index in [0.717, 1.165) is 24.9 Å². The second kappa shape index (κ2) is 5.11. The van der Waals surface area contributed by atoms with E-state index in [1.54, 1.807) is 6.26 Å². The number of nitrogens with zero attached hydrogens (tertiary/aromatic N) is 1. The molecular weight excluding hydrogens is 182 g/mol. The zero-order valence-corrected chi connectivity index (χ0v) is 9.77. The molecule has 0 aromatic rings. The zero-order chi connectivity index (χ0) is 9.84. The van der Waals surface area contributed by atoms with Crippen molar-refractivity contribution in [3.8, 4) is 0 Å². The van der Waals surface area contributed by atoms with Gasteiger partial charge in [0.25, 0.3) is 0 Å². The van der Waals surface area contributed by atoms with Crippen molar-refractivity contribution in [1.29, 1.82) is 0 Å². The summed E-state index contributed by atoms with van der Waals surface area (Å²) in [6.07, 6.45) is 5.57. The fraction of sp³-hybridized carbons (Fsp3) is 1.00. The van der Waals surface area contributed by atoms with Gasteiger partial charge in [0.2, 0.25) is 0 Å². The quantitative estimate of drug-likeness (QED) is 0.687. The molecule has 3 heteroatoms. The van der Waals surface area contributed by atoms with Crippen LogP contribution in [-0.2, 0) is 11.0 Å². The van der Waals surface area contributed by atoms with Crippen molar-refractivity contribution in [2.75, 3.05) is 19.3 Å². The number of hydrogen-bond donors (Lipinski definition) is 0. The molecule has 78 valence electrons. The van der Waals surface area contributed by atoms with E-state index in [1.807, 2.05) is 0 Å². The Kier molecular flexibility index (Phi) is 4.39. The van der Waals surface area contributed by atoms with Gasteiger partial charge in [-0.2, -0.15) is 0 Å². The van der Waals surface area contributed by atoms with Crippen LogP contribution >= 0.6 is 0 Å². The van der Waals surface area contributed by atoms with E-state index in [9.17, 15) is 4.21 Å². The van der Waals surface area contributed by atoms with Gasteiger partial charge in [-0.25, -0.2) is 8.51 Å². The van der Waals surface area contributed by atoms with Gasteiger partial charge in [0.15, 0.2) is 0 Å². The first-order valence-corrected chi connectivity index (χ1v) is 6.75. The summed E-state index contributed by atoms with van der Waals surface area (Å²) in [6, 6.07) is 0. The van der Waals surface area contributed by atoms with Gasteiger partial charge >= 0.3 is 0 Å². The normalized spacial score (nSPS) is 29.9. The summed E-state index contributed by atoms with van der Waals surface area (Å²) in [7, 11) is -0.758. The molecule has 0 N–H and O–H groups in total. The standard InChI is InChI=1S/C10H21NOS/c1-4-9(2)10-6-5-7-11(8-10)13(3)12/h9-10H,4-8H2,1-3H3. The molecule has 1 heterocycles. The fourth-order valence-corrected chi connectivity index (χ4v) is 2.79. The highest BCUT2D eigenvalue weighted by Crippen LogP contribution is 2.26. The molecule has 2 nitrogen and oxygen atoms in total. The van der Waals surface area contributed by atoms with Gasteiger partial charge in [-0.15, -0.1) is 0 Å². The fourth-order valence-electron chi connectivity index (χ4n) is 2.01. The maximum Gasteiger partial charge on any atom is 0.0910 e. The zero-order valence-electron chi connectivity index (χ0n) is 8.95. The van der Waals surface area contributed by atoms with Gasteiger partial charge < -0.3 is 0 Å². The van der Waals surface area contributed by atoms with Crippen molar-refractivity contribution in [2.45, 2.75) is 33.1 Å². The van der Waals surface area contributed by atoms with Crippen LogP contribution in [0.15, 0.2) is 0 Å². The molecule has 3 unspecified atom stereocenters. The van der Waals surface area contributed by atoms with Crippen LogP contribution in [0.25, 0.3) is 0 Å². The lowest BCUT2D eigenvalue weighted by Gasteiger charge is -2.33. The molecule has 13 heavy (non-hydrogen) atoms. The van der Waals surface area contributed by atoms with Crippen LogP contribution in [0, 0.1) is 11.8 Å². The van der Waals surface area contributed by atoms with Crippen LogP contribution in [-0.4, -0.2) is 27.9 Å². The molecule has 0 aromatic carbocycles. The molecule has 0 aromatic heterocycles. The summed E-state index contributed by atoms with van der Waals surface area (Å²) in [5, 5.41) is 0. The van der Waals surface area contributed by atoms with Gasteiger partial charge in [0.1, 0.15) is 0 Å². The summed E-state index contributed by atoms with van der Waals surface area (Å²) < 4.78 is 13.4. The van der Waals surface area contributed by atoms with Crippen LogP contribution in [0.4, 0.5) is 0 Å². The molecule has 3 atom stereocenters. The summed E-state index contributed by atoms with van der Waals surface area (Å²) in [5.41, 5.74) is 0. The molecule has 1 aliphatic rings. The lowest BCUT2D eigenvalue weighted by molar-refractivity contribution is 0.212. The topological polar surface area (TPSA) is 20.3 Å². The molecule has 1 aliphatic heterocycles. The van der Waals surface area contributed by atoms with E-state index in [2.05, 4.69) is 18.2 Å². The van der Waals surface area contributed by atoms with E-state index in [-0.39, 0.29) is 0 Å². The Balaban J connectivity index is 2.46. The van der Waals surface area contributed by atoms with Gasteiger partial charge in [-0.3, -0.25) is 0 Å². The largest absolute Gasteiger partial charge is 0.243 e. The highest BCUT2D eigenvalue weighted by molar-refractivity contribution is 7.81. The maximum absolute atomic E-state index is 11.3. The predicted octanol–water partition coefficient (Wildman–Crippen LogP) is 2.04. The first-order valence-electron chi connectivity index (χ1n) is 5.23. The van der Waals surface area contributed by atoms with Gasteiger partial charge in [-0.1, -0.05) is 20.3 Å². The van der Waals surface area contributed by atoms with E-state index in [1.165, 1.54) is 19.3 Å². The highest BCUT2D eigenvalue weighted by atomic mass is 32.2. The van der Waals surface area contributed by atoms with E-state index < -0.39 is 11.0 Å². The Morgan fingerprint density at radius 2 is 2.31 bits per heavy atom. The third kappa shape index (κ3) is 3.06. The third-order valence-electron chi connectivity index (χ3n) is 3.23. The summed E-state index contributed by atoms with van der Waals surface area (Å²) in [6.45, 7) is 6.62. The van der Waals surface area contributed by atoms with Crippen LogP contribution in [0.5, 0.6) is 0 Å². The molecular formula is C10H21NOS. The van der Waals surface area contributed by atoms with Crippen molar-refractivity contribution < 1.29 is 4.21 Å². The smallest absolute Gasteiger partial charge is 0.0910 e. The second-order valence-corrected chi connectivity index (χ2v) is 5.46. The summed E-state index contributed by atoms with van der Waals surface area (Å²) in [5.74, 6) is 1.55. The van der Waals surface area contributed by atoms with E-state index in [0.29, 0.717) is 0 Å². The molecule has 0 spiro atoms. The minimum absolute atomic E-state index is 0.758. The lowest BCUT2D eigenvalue weighted by Crippen LogP contribution is -2.38. The molecule has 1 fully saturated rings. The molecule has 1 saturated heterocycles. The first-order chi connectivity index (χ1) is 6.15. The molecule has 0 bridgehead atoms. The molecule has 0 radical (unpaired) electrons. The average Bonchev–Trinajstić information content (AvgIpc) is 2.17. The second-order valence-electron chi connectivity index (χ2n) is 4.10. The summed E-state index contributed by atoms with van der Waals surface area (Å²) >= 11 is 0. The highest BCUT2D eigenvalue weighted by Gasteiger charge is 2.24. The Labute approximate surface area is 84.3 Å². The van der Waals surface area contributed by atoms with Gasteiger partial charge in [0, 0.05) is 19.3 Å². The van der Waals surface area contributed by atoms with E-state index in [4.69, 9.17) is 0 Å². The van der Waals surface area contributed by atoms with Crippen LogP contribution in [0.2, 0.25) is 0 Å². The number of rotatable bonds is 3. The first kappa shape index (κ1) is 11.2. The Hall–Kier alpha value is 0.110. The number of hydrogen-bond acceptors (Lipinski definition) is 1. The van der Waals surface area contributed by atoms with Gasteiger partial charge in [0.05, 0.1) is 11.0 Å². The van der Waals surface area contributed by atoms with Crippen molar-refractivity contribution in [1.82, 2.24) is 4.31 Å². The lowest BCUT2D eigenvalue weighted by atomic mass is 9.86. The molecule has 0 amide bonds. The average molecular weight is 203 g/mol. The maximum atomic E-state index is 11.3. The molecule has 1 rings (SSSR count). The van der Waals surface area contributed by atoms with Crippen molar-refractivity contribution >= 4 is 11.0 Å².